The van der Waals surface area contributed by atoms with Crippen LogP contribution in [0.4, 0.5) is 51.2 Å². The quantitative estimate of drug-likeness (QED) is 0.159. The molecule has 498 valence electrons. The zero-order valence-electron chi connectivity index (χ0n) is 63.9. The minimum absolute atomic E-state index is 0.00830. The Morgan fingerprint density at radius 2 is 0.708 bits per heavy atom. The molecule has 3 nitrogen and oxygen atoms in total. The molecule has 0 radical (unpaired) electrons. The van der Waals surface area contributed by atoms with Crippen molar-refractivity contribution in [3.05, 3.63) is 199 Å². The molecule has 0 amide bonds. The Morgan fingerprint density at radius 3 is 1.16 bits per heavy atom. The van der Waals surface area contributed by atoms with Gasteiger partial charge in [-0.25, -0.2) is 0 Å². The number of nitrogens with zero attached hydrogens (tertiary/aromatic N) is 3. The molecule has 7 aliphatic rings. The maximum atomic E-state index is 2.89. The summed E-state index contributed by atoms with van der Waals surface area (Å²) in [6, 6.07) is 51.4. The van der Waals surface area contributed by atoms with Gasteiger partial charge in [-0.1, -0.05) is 227 Å². The van der Waals surface area contributed by atoms with E-state index < -0.39 is 0 Å². The van der Waals surface area contributed by atoms with E-state index >= 15 is 0 Å². The largest absolute Gasteiger partial charge is 0.311 e. The number of hydrogen-bond donors (Lipinski definition) is 0. The van der Waals surface area contributed by atoms with Gasteiger partial charge in [0.05, 0.1) is 5.69 Å². The average molecular weight is 1270 g/mol. The number of aryl methyl sites for hydroxylation is 2. The second kappa shape index (κ2) is 20.2. The molecule has 0 fully saturated rings. The van der Waals surface area contributed by atoms with Crippen molar-refractivity contribution < 1.29 is 0 Å². The van der Waals surface area contributed by atoms with Crippen molar-refractivity contribution in [2.24, 2.45) is 0 Å². The van der Waals surface area contributed by atoms with Crippen LogP contribution in [0, 0.1) is 13.8 Å². The van der Waals surface area contributed by atoms with Gasteiger partial charge in [0.15, 0.2) is 0 Å². The van der Waals surface area contributed by atoms with Gasteiger partial charge in [-0.15, -0.1) is 0 Å². The molecule has 2 heterocycles. The Bertz CT molecular complexity index is 4570. The van der Waals surface area contributed by atoms with Crippen LogP contribution in [0.5, 0.6) is 0 Å². The fourth-order valence-electron chi connectivity index (χ4n) is 20.0. The highest BCUT2D eigenvalue weighted by molar-refractivity contribution is 7.00. The summed E-state index contributed by atoms with van der Waals surface area (Å²) in [6.07, 6.45) is 8.07. The third kappa shape index (κ3) is 9.50. The van der Waals surface area contributed by atoms with E-state index in [2.05, 4.69) is 316 Å². The molecule has 2 aliphatic heterocycles. The van der Waals surface area contributed by atoms with Crippen LogP contribution in [0.1, 0.15) is 289 Å². The summed E-state index contributed by atoms with van der Waals surface area (Å²) < 4.78 is 0. The molecular weight excluding hydrogens is 1160 g/mol. The minimum Gasteiger partial charge on any atom is -0.311 e. The van der Waals surface area contributed by atoms with Crippen LogP contribution in [0.25, 0.3) is 11.1 Å². The van der Waals surface area contributed by atoms with Crippen LogP contribution in [0.3, 0.4) is 0 Å². The first-order valence-corrected chi connectivity index (χ1v) is 37.0. The maximum Gasteiger partial charge on any atom is 0.252 e. The molecule has 0 N–H and O–H groups in total. The first-order chi connectivity index (χ1) is 44.4. The van der Waals surface area contributed by atoms with Gasteiger partial charge >= 0.3 is 0 Å². The van der Waals surface area contributed by atoms with E-state index in [-0.39, 0.29) is 66.3 Å². The summed E-state index contributed by atoms with van der Waals surface area (Å²) >= 11 is 0. The first kappa shape index (κ1) is 65.2. The van der Waals surface area contributed by atoms with Crippen LogP contribution in [-0.2, 0) is 59.6 Å². The molecule has 0 saturated carbocycles. The fraction of sp³-hybridized carbons (Fsp3) is 0.478. The second-order valence-electron chi connectivity index (χ2n) is 39.5. The van der Waals surface area contributed by atoms with E-state index in [4.69, 9.17) is 0 Å². The molecule has 0 atom stereocenters. The molecule has 15 rings (SSSR count). The minimum atomic E-state index is -0.262. The molecule has 0 saturated heterocycles. The van der Waals surface area contributed by atoms with Crippen molar-refractivity contribution in [3.8, 4) is 11.1 Å². The number of hydrogen-bond acceptors (Lipinski definition) is 3. The summed E-state index contributed by atoms with van der Waals surface area (Å²) in [5.74, 6) is 0. The highest BCUT2D eigenvalue weighted by Crippen LogP contribution is 2.62. The van der Waals surface area contributed by atoms with E-state index in [9.17, 15) is 0 Å². The SMILES string of the molecule is Cc1cc2c(cc1N1c3cc4c(cc3B3c5ccc6c(c5N(c5cc7c(cc5C)C(C)(C)CCC7(C)C)c5cc(N(c7ccc(C(C)(C)C)cc7)c7ccc(C(C)(C)C)cc7)cc1c53)-c1cc3c(cc1C6(C)C)C(C)(C)CCC3(C)C)C(C)(C)CC4(C)C)C(C)(C)CCC2(C)C. The summed E-state index contributed by atoms with van der Waals surface area (Å²) in [7, 11) is 0. The van der Waals surface area contributed by atoms with Gasteiger partial charge in [-0.2, -0.15) is 0 Å². The molecule has 8 aromatic rings. The predicted molar refractivity (Wildman–Crippen MR) is 416 cm³/mol. The number of rotatable bonds is 5. The molecule has 8 aromatic carbocycles. The van der Waals surface area contributed by atoms with Gasteiger partial charge < -0.3 is 14.7 Å². The van der Waals surface area contributed by atoms with Crippen LogP contribution < -0.4 is 31.1 Å². The summed E-state index contributed by atoms with van der Waals surface area (Å²) in [6.45, 7) is 64.2. The third-order valence-corrected chi connectivity index (χ3v) is 26.4. The highest BCUT2D eigenvalue weighted by Gasteiger charge is 2.53. The average Bonchev–Trinajstić information content (AvgIpc) is 1.25. The van der Waals surface area contributed by atoms with E-state index in [1.807, 2.05) is 0 Å². The molecule has 0 bridgehead atoms. The monoisotopic (exact) mass is 1270 g/mol. The molecule has 0 spiro atoms. The Hall–Kier alpha value is -6.78. The lowest BCUT2D eigenvalue weighted by Gasteiger charge is -2.48. The topological polar surface area (TPSA) is 9.72 Å². The summed E-state index contributed by atoms with van der Waals surface area (Å²) in [4.78, 5) is 8.32. The van der Waals surface area contributed by atoms with Crippen molar-refractivity contribution in [2.45, 2.75) is 285 Å². The van der Waals surface area contributed by atoms with Gasteiger partial charge in [0.1, 0.15) is 0 Å². The molecule has 4 heteroatoms. The van der Waals surface area contributed by atoms with Gasteiger partial charge in [-0.3, -0.25) is 0 Å². The Labute approximate surface area is 580 Å². The summed E-state index contributed by atoms with van der Waals surface area (Å²) in [5, 5.41) is 0. The van der Waals surface area contributed by atoms with Crippen LogP contribution in [0.15, 0.2) is 121 Å². The zero-order chi connectivity index (χ0) is 69.1. The molecule has 0 unspecified atom stereocenters. The van der Waals surface area contributed by atoms with Gasteiger partial charge in [0, 0.05) is 56.5 Å². The predicted octanol–water partition coefficient (Wildman–Crippen LogP) is 23.8. The number of benzene rings is 8. The van der Waals surface area contributed by atoms with Crippen LogP contribution >= 0.6 is 0 Å². The van der Waals surface area contributed by atoms with Crippen molar-refractivity contribution >= 4 is 74.3 Å². The lowest BCUT2D eigenvalue weighted by Crippen LogP contribution is -2.62. The second-order valence-corrected chi connectivity index (χ2v) is 39.5. The van der Waals surface area contributed by atoms with E-state index in [0.29, 0.717) is 0 Å². The highest BCUT2D eigenvalue weighted by atomic mass is 15.2. The van der Waals surface area contributed by atoms with Crippen LogP contribution in [0.2, 0.25) is 0 Å². The first-order valence-electron chi connectivity index (χ1n) is 37.0. The standard InChI is InChI=1S/C92H112BN3/c1-54-43-64-69(88(17,18)41-37-84(64,9)10)50-74(54)95-76-52-71-68(90(21,22)53-91(71,23)24)49-73(76)93-72-36-35-62-79(61-47-66-67(48-63(61)92(62,25)26)87(15,16)40-39-86(66,13)14)81(72)96(75-51-70-65(44-55(75)2)85(11,12)38-42-89(70,19)20)78-46-60(45-77(95)80(78)93)94(58-31-27-56(28-32-58)82(3,4)5)59-33-29-57(30-34-59)83(6,7)8/h27-36,43-52H,37-42,53H2,1-26H3. The Balaban J connectivity index is 1.15. The van der Waals surface area contributed by atoms with Crippen molar-refractivity contribution in [1.29, 1.82) is 0 Å². The Kier molecular flexibility index (Phi) is 13.7. The summed E-state index contributed by atoms with van der Waals surface area (Å²) in [5.41, 5.74) is 38.3. The van der Waals surface area contributed by atoms with E-state index in [1.54, 1.807) is 0 Å². The van der Waals surface area contributed by atoms with Crippen molar-refractivity contribution in [2.75, 3.05) is 14.7 Å². The lowest BCUT2D eigenvalue weighted by molar-refractivity contribution is 0.331. The number of anilines is 9. The van der Waals surface area contributed by atoms with Crippen molar-refractivity contribution in [1.82, 2.24) is 0 Å². The normalized spacial score (nSPS) is 20.8. The van der Waals surface area contributed by atoms with E-state index in [0.717, 1.165) is 36.3 Å². The van der Waals surface area contributed by atoms with Gasteiger partial charge in [0.2, 0.25) is 0 Å². The molecule has 0 aromatic heterocycles. The van der Waals surface area contributed by atoms with Gasteiger partial charge in [0.25, 0.3) is 6.71 Å². The Morgan fingerprint density at radius 1 is 0.333 bits per heavy atom. The maximum absolute atomic E-state index is 2.89. The molecular formula is C92H112BN3. The number of fused-ring (bicyclic) bond motifs is 12. The lowest BCUT2D eigenvalue weighted by atomic mass is 9.33. The molecule has 96 heavy (non-hydrogen) atoms. The van der Waals surface area contributed by atoms with Crippen LogP contribution in [-0.4, -0.2) is 6.71 Å². The molecule has 5 aliphatic carbocycles. The zero-order valence-corrected chi connectivity index (χ0v) is 63.9. The third-order valence-electron chi connectivity index (χ3n) is 26.4. The smallest absolute Gasteiger partial charge is 0.252 e. The van der Waals surface area contributed by atoms with E-state index in [1.165, 1.54) is 165 Å². The fourth-order valence-corrected chi connectivity index (χ4v) is 20.0. The van der Waals surface area contributed by atoms with Gasteiger partial charge in [-0.05, 0) is 273 Å². The van der Waals surface area contributed by atoms with Crippen molar-refractivity contribution in [3.63, 3.8) is 0 Å².